The normalized spacial score (nSPS) is 16.0. The first-order valence-corrected chi connectivity index (χ1v) is 7.16. The van der Waals surface area contributed by atoms with Crippen LogP contribution in [0.2, 0.25) is 0 Å². The fourth-order valence-electron chi connectivity index (χ4n) is 2.81. The van der Waals surface area contributed by atoms with Crippen LogP contribution in [0.1, 0.15) is 25.5 Å². The first-order chi connectivity index (χ1) is 9.95. The number of hydrogen-bond donors (Lipinski definition) is 0. The fraction of sp³-hybridized carbons (Fsp3) is 0.692. The summed E-state index contributed by atoms with van der Waals surface area (Å²) in [6, 6.07) is 0. The molecule has 1 amide bonds. The molecule has 0 aliphatic carbocycles. The maximum absolute atomic E-state index is 11.8. The minimum absolute atomic E-state index is 0.0627. The lowest BCUT2D eigenvalue weighted by Gasteiger charge is -2.22. The Labute approximate surface area is 123 Å². The van der Waals surface area contributed by atoms with Crippen LogP contribution in [0.25, 0.3) is 0 Å². The van der Waals surface area contributed by atoms with Crippen molar-refractivity contribution in [3.8, 4) is 0 Å². The highest BCUT2D eigenvalue weighted by molar-refractivity contribution is 5.76. The third kappa shape index (κ3) is 2.98. The Bertz CT molecular complexity index is 554. The minimum Gasteiger partial charge on any atom is -0.349 e. The molecule has 1 aliphatic rings. The second-order valence-corrected chi connectivity index (χ2v) is 5.21. The predicted molar refractivity (Wildman–Crippen MR) is 78.3 cm³/mol. The number of carbonyl (C=O) groups excluding carboxylic acids is 1. The second-order valence-electron chi connectivity index (χ2n) is 5.21. The Morgan fingerprint density at radius 2 is 2.05 bits per heavy atom. The molecule has 0 atom stereocenters. The van der Waals surface area contributed by atoms with Crippen molar-refractivity contribution in [3.63, 3.8) is 0 Å². The Kier molecular flexibility index (Phi) is 4.44. The van der Waals surface area contributed by atoms with Gasteiger partial charge in [0.05, 0.1) is 4.92 Å². The van der Waals surface area contributed by atoms with E-state index in [1.807, 2.05) is 16.7 Å². The van der Waals surface area contributed by atoms with Crippen LogP contribution >= 0.6 is 0 Å². The van der Waals surface area contributed by atoms with Crippen LogP contribution in [0.3, 0.4) is 0 Å². The molecule has 1 aromatic rings. The van der Waals surface area contributed by atoms with Crippen molar-refractivity contribution in [1.29, 1.82) is 0 Å². The van der Waals surface area contributed by atoms with E-state index in [1.54, 1.807) is 18.7 Å². The van der Waals surface area contributed by atoms with Gasteiger partial charge in [0.15, 0.2) is 0 Å². The number of nitro groups is 1. The highest BCUT2D eigenvalue weighted by Crippen LogP contribution is 2.31. The Hall–Kier alpha value is -2.12. The van der Waals surface area contributed by atoms with Crippen molar-refractivity contribution in [2.75, 3.05) is 31.1 Å². The van der Waals surface area contributed by atoms with E-state index in [0.717, 1.165) is 6.42 Å². The second kappa shape index (κ2) is 6.11. The third-order valence-electron chi connectivity index (χ3n) is 3.79. The monoisotopic (exact) mass is 295 g/mol. The number of hydrogen-bond acceptors (Lipinski definition) is 5. The zero-order chi connectivity index (χ0) is 15.6. The number of rotatable bonds is 3. The quantitative estimate of drug-likeness (QED) is 0.615. The van der Waals surface area contributed by atoms with E-state index in [9.17, 15) is 14.9 Å². The van der Waals surface area contributed by atoms with Crippen LogP contribution < -0.4 is 4.90 Å². The Morgan fingerprint density at radius 1 is 1.33 bits per heavy atom. The smallest absolute Gasteiger partial charge is 0.333 e. The van der Waals surface area contributed by atoms with Crippen LogP contribution in [0.5, 0.6) is 0 Å². The first kappa shape index (κ1) is 15.3. The zero-order valence-corrected chi connectivity index (χ0v) is 12.7. The molecule has 0 unspecified atom stereocenters. The molecule has 0 aromatic carbocycles. The zero-order valence-electron chi connectivity index (χ0n) is 12.7. The third-order valence-corrected chi connectivity index (χ3v) is 3.79. The minimum atomic E-state index is -0.377. The van der Waals surface area contributed by atoms with Gasteiger partial charge in [-0.1, -0.05) is 6.92 Å². The number of carbonyl (C=O) groups is 1. The molecule has 8 nitrogen and oxygen atoms in total. The van der Waals surface area contributed by atoms with Gasteiger partial charge in [0, 0.05) is 39.6 Å². The summed E-state index contributed by atoms with van der Waals surface area (Å²) in [4.78, 5) is 26.5. The van der Waals surface area contributed by atoms with Gasteiger partial charge < -0.3 is 9.80 Å². The highest BCUT2D eigenvalue weighted by Gasteiger charge is 2.29. The van der Waals surface area contributed by atoms with Crippen molar-refractivity contribution < 1.29 is 9.72 Å². The predicted octanol–water partition coefficient (Wildman–Crippen LogP) is 1.09. The molecular formula is C13H21N5O3. The van der Waals surface area contributed by atoms with E-state index in [-0.39, 0.29) is 16.5 Å². The summed E-state index contributed by atoms with van der Waals surface area (Å²) in [7, 11) is 1.72. The van der Waals surface area contributed by atoms with Crippen molar-refractivity contribution in [2.45, 2.75) is 26.7 Å². The molecule has 8 heteroatoms. The molecule has 0 spiro atoms. The van der Waals surface area contributed by atoms with E-state index in [4.69, 9.17) is 0 Å². The number of anilines is 1. The molecule has 21 heavy (non-hydrogen) atoms. The van der Waals surface area contributed by atoms with E-state index in [1.165, 1.54) is 0 Å². The van der Waals surface area contributed by atoms with E-state index < -0.39 is 0 Å². The maximum Gasteiger partial charge on any atom is 0.333 e. The van der Waals surface area contributed by atoms with Gasteiger partial charge in [-0.2, -0.15) is 5.10 Å². The van der Waals surface area contributed by atoms with E-state index >= 15 is 0 Å². The van der Waals surface area contributed by atoms with Crippen molar-refractivity contribution in [1.82, 2.24) is 14.7 Å². The van der Waals surface area contributed by atoms with Crippen LogP contribution in [0, 0.1) is 17.0 Å². The standard InChI is InChI=1S/C13H21N5O3/c1-4-11(19)16-6-5-7-17(9-8-16)13-12(18(20)21)10(2)14-15(13)3/h4-9H2,1-3H3. The van der Waals surface area contributed by atoms with Crippen LogP contribution in [-0.4, -0.2) is 51.7 Å². The van der Waals surface area contributed by atoms with Gasteiger partial charge in [-0.3, -0.25) is 14.9 Å². The van der Waals surface area contributed by atoms with Crippen LogP contribution in [0.4, 0.5) is 11.5 Å². The molecule has 116 valence electrons. The lowest BCUT2D eigenvalue weighted by Crippen LogP contribution is -2.35. The summed E-state index contributed by atoms with van der Waals surface area (Å²) >= 11 is 0. The summed E-state index contributed by atoms with van der Waals surface area (Å²) in [5, 5.41) is 15.4. The molecule has 1 saturated heterocycles. The Balaban J connectivity index is 2.24. The Morgan fingerprint density at radius 3 is 2.67 bits per heavy atom. The lowest BCUT2D eigenvalue weighted by molar-refractivity contribution is -0.384. The van der Waals surface area contributed by atoms with Gasteiger partial charge >= 0.3 is 5.69 Å². The number of aromatic nitrogens is 2. The SMILES string of the molecule is CCC(=O)N1CCCN(c2c([N+](=O)[O-])c(C)nn2C)CC1. The van der Waals surface area contributed by atoms with Crippen molar-refractivity contribution >= 4 is 17.4 Å². The summed E-state index contributed by atoms with van der Waals surface area (Å²) in [6.45, 7) is 6.06. The van der Waals surface area contributed by atoms with Gasteiger partial charge in [0.1, 0.15) is 5.69 Å². The molecule has 0 saturated carbocycles. The first-order valence-electron chi connectivity index (χ1n) is 7.16. The number of aryl methyl sites for hydroxylation is 2. The van der Waals surface area contributed by atoms with Crippen LogP contribution in [-0.2, 0) is 11.8 Å². The molecular weight excluding hydrogens is 274 g/mol. The van der Waals surface area contributed by atoms with Gasteiger partial charge in [-0.15, -0.1) is 0 Å². The number of nitrogens with zero attached hydrogens (tertiary/aromatic N) is 5. The molecule has 1 aliphatic heterocycles. The van der Waals surface area contributed by atoms with Crippen LogP contribution in [0.15, 0.2) is 0 Å². The van der Waals surface area contributed by atoms with Gasteiger partial charge in [-0.05, 0) is 13.3 Å². The molecule has 1 aromatic heterocycles. The topological polar surface area (TPSA) is 84.5 Å². The summed E-state index contributed by atoms with van der Waals surface area (Å²) in [5.74, 6) is 0.663. The van der Waals surface area contributed by atoms with Gasteiger partial charge in [-0.25, -0.2) is 4.68 Å². The molecule has 0 radical (unpaired) electrons. The molecule has 0 N–H and O–H groups in total. The molecule has 0 bridgehead atoms. The average Bonchev–Trinajstić information content (AvgIpc) is 2.63. The fourth-order valence-corrected chi connectivity index (χ4v) is 2.81. The highest BCUT2D eigenvalue weighted by atomic mass is 16.6. The maximum atomic E-state index is 11.8. The van der Waals surface area contributed by atoms with E-state index in [0.29, 0.717) is 44.1 Å². The average molecular weight is 295 g/mol. The largest absolute Gasteiger partial charge is 0.349 e. The van der Waals surface area contributed by atoms with Gasteiger partial charge in [0.25, 0.3) is 0 Å². The van der Waals surface area contributed by atoms with Crippen molar-refractivity contribution in [2.24, 2.45) is 7.05 Å². The van der Waals surface area contributed by atoms with Crippen molar-refractivity contribution in [3.05, 3.63) is 15.8 Å². The molecule has 1 fully saturated rings. The number of amides is 1. The lowest BCUT2D eigenvalue weighted by atomic mass is 10.3. The van der Waals surface area contributed by atoms with E-state index in [2.05, 4.69) is 5.10 Å². The van der Waals surface area contributed by atoms with Gasteiger partial charge in [0.2, 0.25) is 11.7 Å². The molecule has 2 heterocycles. The summed E-state index contributed by atoms with van der Waals surface area (Å²) < 4.78 is 1.56. The molecule has 2 rings (SSSR count). The summed E-state index contributed by atoms with van der Waals surface area (Å²) in [5.41, 5.74) is 0.482. The summed E-state index contributed by atoms with van der Waals surface area (Å²) in [6.07, 6.45) is 1.29.